The fourth-order valence-corrected chi connectivity index (χ4v) is 7.50. The van der Waals surface area contributed by atoms with E-state index in [1.165, 1.54) is 13.2 Å². The molecule has 0 bridgehead atoms. The Morgan fingerprint density at radius 1 is 1.20 bits per heavy atom. The van der Waals surface area contributed by atoms with E-state index in [9.17, 15) is 22.0 Å². The van der Waals surface area contributed by atoms with Crippen LogP contribution < -0.4 is 14.2 Å². The number of methoxy groups -OCH3 is 1. The number of Topliss-reactive ketones (excluding diaryl/α,β-unsaturated/α-hetero) is 1. The molecule has 0 atom stereocenters. The molecule has 0 radical (unpaired) electrons. The first-order valence-electron chi connectivity index (χ1n) is 13.4. The summed E-state index contributed by atoms with van der Waals surface area (Å²) in [5, 5.41) is 0. The van der Waals surface area contributed by atoms with Crippen LogP contribution in [-0.2, 0) is 9.84 Å². The van der Waals surface area contributed by atoms with Crippen LogP contribution in [0.15, 0.2) is 36.7 Å². The lowest BCUT2D eigenvalue weighted by Gasteiger charge is -2.54. The summed E-state index contributed by atoms with van der Waals surface area (Å²) >= 11 is 0. The summed E-state index contributed by atoms with van der Waals surface area (Å²) in [5.74, 6) is 0.908. The Balaban J connectivity index is 1.14. The number of rotatable bonds is 12. The van der Waals surface area contributed by atoms with E-state index in [0.29, 0.717) is 48.1 Å². The maximum absolute atomic E-state index is 13.3. The van der Waals surface area contributed by atoms with Gasteiger partial charge in [0.05, 0.1) is 36.1 Å². The van der Waals surface area contributed by atoms with E-state index in [4.69, 9.17) is 14.2 Å². The highest BCUT2D eigenvalue weighted by atomic mass is 32.2. The fourth-order valence-electron chi connectivity index (χ4n) is 5.63. The van der Waals surface area contributed by atoms with Gasteiger partial charge in [0, 0.05) is 43.9 Å². The van der Waals surface area contributed by atoms with Crippen LogP contribution >= 0.6 is 0 Å². The maximum Gasteiger partial charge on any atom is 0.387 e. The zero-order valence-corrected chi connectivity index (χ0v) is 23.0. The van der Waals surface area contributed by atoms with Crippen LogP contribution in [-0.4, -0.2) is 78.9 Å². The molecule has 12 heteroatoms. The molecular weight excluding hydrogens is 544 g/mol. The van der Waals surface area contributed by atoms with Gasteiger partial charge in [0.15, 0.2) is 15.6 Å². The van der Waals surface area contributed by atoms with Gasteiger partial charge in [-0.3, -0.25) is 14.1 Å². The van der Waals surface area contributed by atoms with Crippen molar-refractivity contribution in [1.29, 1.82) is 0 Å². The number of aromatic nitrogens is 2. The largest absolute Gasteiger partial charge is 0.496 e. The molecule has 2 saturated heterocycles. The number of hydrogen-bond acceptors (Lipinski definition) is 8. The zero-order chi connectivity index (χ0) is 28.1. The number of imidazole rings is 1. The van der Waals surface area contributed by atoms with Crippen molar-refractivity contribution in [2.75, 3.05) is 39.1 Å². The van der Waals surface area contributed by atoms with Crippen LogP contribution in [0, 0.1) is 5.92 Å². The zero-order valence-electron chi connectivity index (χ0n) is 22.1. The number of likely N-dealkylation sites (tertiary alicyclic amines) is 1. The fraction of sp³-hybridized carbons (Fsp3) is 0.500. The molecule has 6 rings (SSSR count). The van der Waals surface area contributed by atoms with Gasteiger partial charge in [-0.2, -0.15) is 8.78 Å². The normalized spacial score (nSPS) is 19.4. The molecule has 1 aliphatic carbocycles. The number of nitrogens with zero attached hydrogens (tertiary/aromatic N) is 3. The average molecular weight is 576 g/mol. The first-order chi connectivity index (χ1) is 19.2. The number of pyridine rings is 1. The number of carbonyl (C=O) groups excluding carboxylic acids is 1. The van der Waals surface area contributed by atoms with Gasteiger partial charge in [0.2, 0.25) is 0 Å². The van der Waals surface area contributed by atoms with Crippen LogP contribution in [0.1, 0.15) is 42.5 Å². The first kappa shape index (κ1) is 26.9. The predicted octanol–water partition coefficient (Wildman–Crippen LogP) is 4.24. The van der Waals surface area contributed by atoms with Gasteiger partial charge in [0.25, 0.3) is 0 Å². The Labute approximate surface area is 231 Å². The van der Waals surface area contributed by atoms with Gasteiger partial charge in [-0.1, -0.05) is 0 Å². The standard InChI is InChI=1S/C28H31F2N3O6S/c1-37-23-12-19(13-24(39-27(29)30)26(23)22(34)11-18-3-4-18)21-15-31-25-14-20(5-8-33(21)25)38-9-2-7-32-16-28(17-32)6-10-40(28,35)36/h5,8,12-15,18,27H,2-4,6-7,9-11,16-17H2,1H3. The summed E-state index contributed by atoms with van der Waals surface area (Å²) in [6, 6.07) is 6.64. The number of fused-ring (bicyclic) bond motifs is 1. The van der Waals surface area contributed by atoms with E-state index in [2.05, 4.69) is 9.88 Å². The lowest BCUT2D eigenvalue weighted by molar-refractivity contribution is -0.0502. The Hall–Kier alpha value is -3.25. The topological polar surface area (TPSA) is 99.4 Å². The summed E-state index contributed by atoms with van der Waals surface area (Å²) < 4.78 is 67.9. The second kappa shape index (κ2) is 10.3. The lowest BCUT2D eigenvalue weighted by Crippen LogP contribution is -2.71. The molecule has 0 N–H and O–H groups in total. The van der Waals surface area contributed by atoms with Gasteiger partial charge in [-0.25, -0.2) is 13.4 Å². The van der Waals surface area contributed by atoms with Crippen molar-refractivity contribution in [2.45, 2.75) is 43.5 Å². The second-order valence-corrected chi connectivity index (χ2v) is 13.4. The molecule has 40 heavy (non-hydrogen) atoms. The Kier molecular flexibility index (Phi) is 6.94. The summed E-state index contributed by atoms with van der Waals surface area (Å²) in [5.41, 5.74) is 1.75. The molecular formula is C28H31F2N3O6S. The number of halogens is 2. The molecule has 1 spiro atoms. The highest BCUT2D eigenvalue weighted by Gasteiger charge is 2.59. The van der Waals surface area contributed by atoms with Crippen molar-refractivity contribution in [3.05, 3.63) is 42.2 Å². The molecule has 3 fully saturated rings. The molecule has 1 saturated carbocycles. The van der Waals surface area contributed by atoms with Crippen LogP contribution in [0.25, 0.3) is 16.9 Å². The molecule has 2 aromatic heterocycles. The molecule has 1 aromatic carbocycles. The third kappa shape index (κ3) is 5.03. The molecule has 9 nitrogen and oxygen atoms in total. The Morgan fingerprint density at radius 3 is 2.62 bits per heavy atom. The summed E-state index contributed by atoms with van der Waals surface area (Å²) in [7, 11) is -1.50. The Bertz CT molecular complexity index is 1550. The van der Waals surface area contributed by atoms with E-state index in [1.807, 2.05) is 0 Å². The van der Waals surface area contributed by atoms with Crippen molar-refractivity contribution in [1.82, 2.24) is 14.3 Å². The van der Waals surface area contributed by atoms with E-state index >= 15 is 0 Å². The van der Waals surface area contributed by atoms with Crippen molar-refractivity contribution >= 4 is 21.3 Å². The van der Waals surface area contributed by atoms with E-state index in [-0.39, 0.29) is 35.2 Å². The monoisotopic (exact) mass is 575 g/mol. The maximum atomic E-state index is 13.3. The third-order valence-electron chi connectivity index (χ3n) is 8.13. The number of benzene rings is 1. The number of ether oxygens (including phenoxy) is 3. The molecule has 214 valence electrons. The summed E-state index contributed by atoms with van der Waals surface area (Å²) in [6.45, 7) is -0.618. The number of hydrogen-bond donors (Lipinski definition) is 0. The SMILES string of the molecule is COc1cc(-c2cnc3cc(OCCCN4CC5(CCS5(=O)=O)C4)ccn23)cc(OC(F)F)c1C(=O)CC1CC1. The van der Waals surface area contributed by atoms with Crippen molar-refractivity contribution in [3.8, 4) is 28.5 Å². The van der Waals surface area contributed by atoms with Crippen molar-refractivity contribution < 1.29 is 36.2 Å². The minimum atomic E-state index is -3.09. The predicted molar refractivity (Wildman–Crippen MR) is 143 cm³/mol. The summed E-state index contributed by atoms with van der Waals surface area (Å²) in [4.78, 5) is 19.5. The van der Waals surface area contributed by atoms with Gasteiger partial charge in [0.1, 0.15) is 28.5 Å². The van der Waals surface area contributed by atoms with Gasteiger partial charge >= 0.3 is 6.61 Å². The van der Waals surface area contributed by atoms with Gasteiger partial charge < -0.3 is 14.2 Å². The second-order valence-electron chi connectivity index (χ2n) is 10.9. The highest BCUT2D eigenvalue weighted by molar-refractivity contribution is 7.94. The first-order valence-corrected chi connectivity index (χ1v) is 15.1. The molecule has 0 amide bonds. The van der Waals surface area contributed by atoms with E-state index < -0.39 is 21.2 Å². The average Bonchev–Trinajstić information content (AvgIpc) is 3.60. The smallest absolute Gasteiger partial charge is 0.387 e. The highest BCUT2D eigenvalue weighted by Crippen LogP contribution is 2.42. The van der Waals surface area contributed by atoms with Crippen LogP contribution in [0.2, 0.25) is 0 Å². The Morgan fingerprint density at radius 2 is 1.98 bits per heavy atom. The summed E-state index contributed by atoms with van der Waals surface area (Å²) in [6.07, 6.45) is 7.10. The third-order valence-corrected chi connectivity index (χ3v) is 10.7. The van der Waals surface area contributed by atoms with Crippen LogP contribution in [0.3, 0.4) is 0 Å². The lowest BCUT2D eigenvalue weighted by atomic mass is 9.94. The minimum absolute atomic E-state index is 0.0330. The van der Waals surface area contributed by atoms with Crippen molar-refractivity contribution in [2.24, 2.45) is 5.92 Å². The number of alkyl halides is 2. The minimum Gasteiger partial charge on any atom is -0.496 e. The number of sulfone groups is 1. The molecule has 3 aromatic rings. The van der Waals surface area contributed by atoms with E-state index in [1.54, 1.807) is 35.0 Å². The van der Waals surface area contributed by atoms with E-state index in [0.717, 1.165) is 32.2 Å². The van der Waals surface area contributed by atoms with Crippen molar-refractivity contribution in [3.63, 3.8) is 0 Å². The number of carbonyl (C=O) groups is 1. The van der Waals surface area contributed by atoms with Gasteiger partial charge in [-0.05, 0) is 49.8 Å². The van der Waals surface area contributed by atoms with Crippen LogP contribution in [0.4, 0.5) is 8.78 Å². The molecule has 0 unspecified atom stereocenters. The molecule has 3 aliphatic rings. The van der Waals surface area contributed by atoms with Crippen LogP contribution in [0.5, 0.6) is 17.2 Å². The quantitative estimate of drug-likeness (QED) is 0.234. The number of ketones is 1. The molecule has 2 aliphatic heterocycles. The molecule has 4 heterocycles. The van der Waals surface area contributed by atoms with Gasteiger partial charge in [-0.15, -0.1) is 0 Å².